The second kappa shape index (κ2) is 6.45. The van der Waals surface area contributed by atoms with Crippen molar-refractivity contribution in [2.24, 2.45) is 17.6 Å². The van der Waals surface area contributed by atoms with Gasteiger partial charge in [0.2, 0.25) is 0 Å². The first-order valence-electron chi connectivity index (χ1n) is 7.99. The van der Waals surface area contributed by atoms with Gasteiger partial charge in [0.1, 0.15) is 0 Å². The maximum atomic E-state index is 6.56. The lowest BCUT2D eigenvalue weighted by molar-refractivity contribution is 0.238. The number of para-hydroxylation sites is 1. The van der Waals surface area contributed by atoms with Crippen LogP contribution >= 0.6 is 15.9 Å². The third-order valence-electron chi connectivity index (χ3n) is 5.00. The van der Waals surface area contributed by atoms with E-state index in [-0.39, 0.29) is 6.04 Å². The summed E-state index contributed by atoms with van der Waals surface area (Å²) in [4.78, 5) is 4.82. The van der Waals surface area contributed by atoms with Crippen molar-refractivity contribution in [2.45, 2.75) is 45.1 Å². The van der Waals surface area contributed by atoms with Gasteiger partial charge in [0.25, 0.3) is 0 Å². The molecule has 21 heavy (non-hydrogen) atoms. The quantitative estimate of drug-likeness (QED) is 0.827. The molecular weight excluding hydrogens is 324 g/mol. The van der Waals surface area contributed by atoms with Crippen molar-refractivity contribution in [1.82, 2.24) is 4.98 Å². The third-order valence-corrected chi connectivity index (χ3v) is 5.63. The van der Waals surface area contributed by atoms with Gasteiger partial charge in [-0.05, 0) is 52.7 Å². The molecular formula is C18H23BrN2. The van der Waals surface area contributed by atoms with Crippen LogP contribution in [-0.2, 0) is 0 Å². The second-order valence-corrected chi connectivity index (χ2v) is 7.12. The van der Waals surface area contributed by atoms with Crippen molar-refractivity contribution in [2.75, 3.05) is 0 Å². The molecule has 0 saturated heterocycles. The molecule has 0 aliphatic heterocycles. The van der Waals surface area contributed by atoms with Gasteiger partial charge in [0.05, 0.1) is 17.3 Å². The highest BCUT2D eigenvalue weighted by Crippen LogP contribution is 2.38. The summed E-state index contributed by atoms with van der Waals surface area (Å²) in [6.45, 7) is 2.30. The zero-order valence-electron chi connectivity index (χ0n) is 12.6. The second-order valence-electron chi connectivity index (χ2n) is 6.26. The molecule has 0 radical (unpaired) electrons. The predicted molar refractivity (Wildman–Crippen MR) is 92.1 cm³/mol. The Morgan fingerprint density at radius 2 is 1.95 bits per heavy atom. The van der Waals surface area contributed by atoms with E-state index in [1.807, 2.05) is 12.1 Å². The molecule has 0 bridgehead atoms. The molecule has 1 aliphatic rings. The van der Waals surface area contributed by atoms with Gasteiger partial charge in [-0.2, -0.15) is 0 Å². The van der Waals surface area contributed by atoms with Crippen molar-refractivity contribution >= 4 is 26.8 Å². The number of fused-ring (bicyclic) bond motifs is 1. The summed E-state index contributed by atoms with van der Waals surface area (Å²) >= 11 is 3.67. The SMILES string of the molecule is CCC1CCC(C(N)c2nc3ccccc3cc2Br)CC1. The Kier molecular flexibility index (Phi) is 4.60. The Bertz CT molecular complexity index is 618. The molecule has 0 amide bonds. The molecule has 3 rings (SSSR count). The Balaban J connectivity index is 1.84. The molecule has 1 aliphatic carbocycles. The Hall–Kier alpha value is -0.930. The zero-order chi connectivity index (χ0) is 14.8. The van der Waals surface area contributed by atoms with Crippen molar-refractivity contribution in [3.8, 4) is 0 Å². The van der Waals surface area contributed by atoms with Crippen LogP contribution in [0.1, 0.15) is 50.8 Å². The van der Waals surface area contributed by atoms with Gasteiger partial charge >= 0.3 is 0 Å². The average Bonchev–Trinajstić information content (AvgIpc) is 2.53. The minimum absolute atomic E-state index is 0.0433. The highest BCUT2D eigenvalue weighted by atomic mass is 79.9. The molecule has 1 atom stereocenters. The maximum absolute atomic E-state index is 6.56. The van der Waals surface area contributed by atoms with Crippen molar-refractivity contribution < 1.29 is 0 Å². The van der Waals surface area contributed by atoms with Crippen LogP contribution in [0.3, 0.4) is 0 Å². The fourth-order valence-electron chi connectivity index (χ4n) is 3.52. The molecule has 1 saturated carbocycles. The Morgan fingerprint density at radius 3 is 2.67 bits per heavy atom. The van der Waals surface area contributed by atoms with Crippen LogP contribution in [0.5, 0.6) is 0 Å². The van der Waals surface area contributed by atoms with E-state index in [4.69, 9.17) is 10.7 Å². The van der Waals surface area contributed by atoms with Crippen LogP contribution < -0.4 is 5.73 Å². The minimum Gasteiger partial charge on any atom is -0.322 e. The summed E-state index contributed by atoms with van der Waals surface area (Å²) in [6, 6.07) is 10.4. The summed E-state index contributed by atoms with van der Waals surface area (Å²) in [7, 11) is 0. The molecule has 0 spiro atoms. The molecule has 2 N–H and O–H groups in total. The number of pyridine rings is 1. The fourth-order valence-corrected chi connectivity index (χ4v) is 4.12. The highest BCUT2D eigenvalue weighted by Gasteiger charge is 2.27. The lowest BCUT2D eigenvalue weighted by atomic mass is 9.77. The molecule has 2 nitrogen and oxygen atoms in total. The van der Waals surface area contributed by atoms with Crippen LogP contribution in [0.2, 0.25) is 0 Å². The van der Waals surface area contributed by atoms with E-state index in [1.165, 1.54) is 32.1 Å². The van der Waals surface area contributed by atoms with E-state index < -0.39 is 0 Å². The number of rotatable bonds is 3. The van der Waals surface area contributed by atoms with Crippen LogP contribution in [0, 0.1) is 11.8 Å². The van der Waals surface area contributed by atoms with E-state index in [1.54, 1.807) is 0 Å². The number of hydrogen-bond acceptors (Lipinski definition) is 2. The first kappa shape index (κ1) is 15.0. The van der Waals surface area contributed by atoms with Gasteiger partial charge in [-0.15, -0.1) is 0 Å². The summed E-state index contributed by atoms with van der Waals surface area (Å²) in [5.74, 6) is 1.47. The van der Waals surface area contributed by atoms with Crippen molar-refractivity contribution in [1.29, 1.82) is 0 Å². The summed E-state index contributed by atoms with van der Waals surface area (Å²) in [5, 5.41) is 1.16. The van der Waals surface area contributed by atoms with Crippen molar-refractivity contribution in [3.63, 3.8) is 0 Å². The molecule has 2 aromatic rings. The minimum atomic E-state index is 0.0433. The largest absolute Gasteiger partial charge is 0.322 e. The number of halogens is 1. The lowest BCUT2D eigenvalue weighted by Crippen LogP contribution is -2.27. The van der Waals surface area contributed by atoms with E-state index >= 15 is 0 Å². The normalized spacial score (nSPS) is 24.1. The number of nitrogens with zero attached hydrogens (tertiary/aromatic N) is 1. The zero-order valence-corrected chi connectivity index (χ0v) is 14.1. The molecule has 1 fully saturated rings. The number of benzene rings is 1. The number of aromatic nitrogens is 1. The van der Waals surface area contributed by atoms with E-state index in [0.29, 0.717) is 5.92 Å². The van der Waals surface area contributed by atoms with Gasteiger partial charge in [-0.1, -0.05) is 44.4 Å². The Morgan fingerprint density at radius 1 is 1.24 bits per heavy atom. The predicted octanol–water partition coefficient (Wildman–Crippen LogP) is 5.21. The molecule has 112 valence electrons. The van der Waals surface area contributed by atoms with E-state index in [2.05, 4.69) is 41.1 Å². The summed E-state index contributed by atoms with van der Waals surface area (Å²) < 4.78 is 1.05. The summed E-state index contributed by atoms with van der Waals surface area (Å²) in [5.41, 5.74) is 8.61. The molecule has 1 aromatic heterocycles. The monoisotopic (exact) mass is 346 g/mol. The average molecular weight is 347 g/mol. The summed E-state index contributed by atoms with van der Waals surface area (Å²) in [6.07, 6.45) is 6.42. The maximum Gasteiger partial charge on any atom is 0.0723 e. The molecule has 1 unspecified atom stereocenters. The first-order chi connectivity index (χ1) is 10.2. The third kappa shape index (κ3) is 3.14. The first-order valence-corrected chi connectivity index (χ1v) is 8.79. The topological polar surface area (TPSA) is 38.9 Å². The van der Waals surface area contributed by atoms with Gasteiger partial charge < -0.3 is 5.73 Å². The number of hydrogen-bond donors (Lipinski definition) is 1. The van der Waals surface area contributed by atoms with Crippen molar-refractivity contribution in [3.05, 3.63) is 40.5 Å². The Labute approximate surface area is 135 Å². The molecule has 3 heteroatoms. The van der Waals surface area contributed by atoms with Gasteiger partial charge in [-0.3, -0.25) is 0 Å². The molecule has 1 aromatic carbocycles. The van der Waals surface area contributed by atoms with E-state index in [0.717, 1.165) is 27.0 Å². The van der Waals surface area contributed by atoms with E-state index in [9.17, 15) is 0 Å². The highest BCUT2D eigenvalue weighted by molar-refractivity contribution is 9.10. The lowest BCUT2D eigenvalue weighted by Gasteiger charge is -2.31. The van der Waals surface area contributed by atoms with Crippen LogP contribution in [-0.4, -0.2) is 4.98 Å². The molecule has 1 heterocycles. The van der Waals surface area contributed by atoms with Crippen LogP contribution in [0.4, 0.5) is 0 Å². The van der Waals surface area contributed by atoms with Gasteiger partial charge in [0.15, 0.2) is 0 Å². The van der Waals surface area contributed by atoms with Crippen LogP contribution in [0.15, 0.2) is 34.8 Å². The van der Waals surface area contributed by atoms with Gasteiger partial charge in [-0.25, -0.2) is 4.98 Å². The van der Waals surface area contributed by atoms with Gasteiger partial charge in [0, 0.05) is 9.86 Å². The van der Waals surface area contributed by atoms with Crippen LogP contribution in [0.25, 0.3) is 10.9 Å². The fraction of sp³-hybridized carbons (Fsp3) is 0.500. The smallest absolute Gasteiger partial charge is 0.0723 e. The number of nitrogens with two attached hydrogens (primary N) is 1. The standard InChI is InChI=1S/C18H23BrN2/c1-2-12-7-9-13(10-8-12)17(20)18-15(19)11-14-5-3-4-6-16(14)21-18/h3-6,11-13,17H,2,7-10,20H2,1H3.